The van der Waals surface area contributed by atoms with Gasteiger partial charge in [-0.25, -0.2) is 0 Å². The minimum absolute atomic E-state index is 0.247. The van der Waals surface area contributed by atoms with E-state index in [4.69, 9.17) is 4.74 Å². The van der Waals surface area contributed by atoms with Gasteiger partial charge in [-0.05, 0) is 19.8 Å². The van der Waals surface area contributed by atoms with Crippen molar-refractivity contribution in [1.82, 2.24) is 5.32 Å². The average Bonchev–Trinajstić information content (AvgIpc) is 2.19. The summed E-state index contributed by atoms with van der Waals surface area (Å²) in [5.74, 6) is 1.17. The molecule has 1 aliphatic heterocycles. The Morgan fingerprint density at radius 2 is 2.43 bits per heavy atom. The van der Waals surface area contributed by atoms with E-state index in [1.807, 2.05) is 11.8 Å². The molecule has 0 amide bonds. The summed E-state index contributed by atoms with van der Waals surface area (Å²) in [5.41, 5.74) is 0.247. The Labute approximate surface area is 90.7 Å². The molecule has 82 valence electrons. The fourth-order valence-corrected chi connectivity index (χ4v) is 2.57. The van der Waals surface area contributed by atoms with Crippen molar-refractivity contribution in [3.63, 3.8) is 0 Å². The molecule has 3 nitrogen and oxygen atoms in total. The zero-order valence-electron chi connectivity index (χ0n) is 9.30. The predicted molar refractivity (Wildman–Crippen MR) is 63.1 cm³/mol. The molecule has 14 heavy (non-hydrogen) atoms. The highest BCUT2D eigenvalue weighted by Crippen LogP contribution is 2.24. The summed E-state index contributed by atoms with van der Waals surface area (Å²) in [4.78, 5) is 4.46. The number of nitrogens with one attached hydrogen (secondary N) is 1. The lowest BCUT2D eigenvalue weighted by atomic mass is 9.96. The Balaban J connectivity index is 2.43. The van der Waals surface area contributed by atoms with Crippen molar-refractivity contribution >= 4 is 16.9 Å². The second kappa shape index (κ2) is 5.61. The minimum atomic E-state index is 0.247. The van der Waals surface area contributed by atoms with Gasteiger partial charge in [-0.3, -0.25) is 4.99 Å². The van der Waals surface area contributed by atoms with Gasteiger partial charge in [0.15, 0.2) is 5.17 Å². The number of amidine groups is 1. The van der Waals surface area contributed by atoms with Gasteiger partial charge in [0, 0.05) is 18.4 Å². The van der Waals surface area contributed by atoms with E-state index in [0.717, 1.165) is 18.1 Å². The fraction of sp³-hybridized carbons (Fsp3) is 0.900. The van der Waals surface area contributed by atoms with Crippen LogP contribution in [0.5, 0.6) is 0 Å². The quantitative estimate of drug-likeness (QED) is 0.729. The molecule has 0 spiro atoms. The standard InChI is InChI=1S/C10H20N2OS/c1-4-10(2)5-8-14-9(12-10)11-6-7-13-3/h4-8H2,1-3H3,(H,11,12). The first kappa shape index (κ1) is 11.9. The third kappa shape index (κ3) is 3.50. The molecule has 0 aromatic carbocycles. The normalized spacial score (nSPS) is 30.4. The number of hydrogen-bond acceptors (Lipinski definition) is 3. The Morgan fingerprint density at radius 3 is 3.07 bits per heavy atom. The maximum Gasteiger partial charge on any atom is 0.157 e. The van der Waals surface area contributed by atoms with E-state index in [1.54, 1.807) is 7.11 Å². The van der Waals surface area contributed by atoms with Crippen LogP contribution in [0.15, 0.2) is 4.99 Å². The molecule has 1 saturated heterocycles. The molecule has 0 saturated carbocycles. The molecular formula is C10H20N2OS. The van der Waals surface area contributed by atoms with Gasteiger partial charge >= 0.3 is 0 Å². The van der Waals surface area contributed by atoms with Crippen molar-refractivity contribution in [2.24, 2.45) is 4.99 Å². The zero-order chi connectivity index (χ0) is 10.4. The van der Waals surface area contributed by atoms with Crippen LogP contribution in [0, 0.1) is 0 Å². The van der Waals surface area contributed by atoms with Crippen molar-refractivity contribution in [1.29, 1.82) is 0 Å². The SMILES string of the molecule is CCC1(C)CCSC(=NCCOC)N1. The molecule has 0 aromatic rings. The molecule has 0 bridgehead atoms. The summed E-state index contributed by atoms with van der Waals surface area (Å²) in [6.45, 7) is 5.94. The van der Waals surface area contributed by atoms with Gasteiger partial charge in [0.1, 0.15) is 0 Å². The Hall–Kier alpha value is -0.220. The smallest absolute Gasteiger partial charge is 0.157 e. The first-order valence-corrected chi connectivity index (χ1v) is 6.13. The van der Waals surface area contributed by atoms with Gasteiger partial charge in [0.05, 0.1) is 13.2 Å². The lowest BCUT2D eigenvalue weighted by Gasteiger charge is -2.35. The van der Waals surface area contributed by atoms with Crippen LogP contribution in [0.4, 0.5) is 0 Å². The first-order valence-electron chi connectivity index (χ1n) is 5.14. The molecule has 1 rings (SSSR count). The van der Waals surface area contributed by atoms with Crippen molar-refractivity contribution in [3.8, 4) is 0 Å². The molecule has 1 atom stereocenters. The Kier molecular flexibility index (Phi) is 4.75. The third-order valence-corrected chi connectivity index (χ3v) is 3.55. The molecule has 1 N–H and O–H groups in total. The van der Waals surface area contributed by atoms with Gasteiger partial charge in [0.25, 0.3) is 0 Å². The highest BCUT2D eigenvalue weighted by atomic mass is 32.2. The van der Waals surface area contributed by atoms with Crippen molar-refractivity contribution in [2.45, 2.75) is 32.2 Å². The van der Waals surface area contributed by atoms with Gasteiger partial charge in [0.2, 0.25) is 0 Å². The van der Waals surface area contributed by atoms with Crippen molar-refractivity contribution < 1.29 is 4.74 Å². The Bertz CT molecular complexity index is 208. The number of thioether (sulfide) groups is 1. The summed E-state index contributed by atoms with van der Waals surface area (Å²) in [5, 5.41) is 4.58. The number of aliphatic imine (C=N–C) groups is 1. The topological polar surface area (TPSA) is 33.6 Å². The molecular weight excluding hydrogens is 196 g/mol. The number of methoxy groups -OCH3 is 1. The molecule has 1 heterocycles. The zero-order valence-corrected chi connectivity index (χ0v) is 10.1. The van der Waals surface area contributed by atoms with E-state index in [-0.39, 0.29) is 5.54 Å². The van der Waals surface area contributed by atoms with E-state index < -0.39 is 0 Å². The van der Waals surface area contributed by atoms with Gasteiger partial charge < -0.3 is 10.1 Å². The summed E-state index contributed by atoms with van der Waals surface area (Å²) in [6, 6.07) is 0. The molecule has 0 radical (unpaired) electrons. The number of nitrogens with zero attached hydrogens (tertiary/aromatic N) is 1. The van der Waals surface area contributed by atoms with Gasteiger partial charge in [-0.15, -0.1) is 0 Å². The maximum atomic E-state index is 4.97. The predicted octanol–water partition coefficient (Wildman–Crippen LogP) is 1.88. The summed E-state index contributed by atoms with van der Waals surface area (Å²) in [6.07, 6.45) is 2.37. The van der Waals surface area contributed by atoms with E-state index in [9.17, 15) is 0 Å². The van der Waals surface area contributed by atoms with Crippen LogP contribution >= 0.6 is 11.8 Å². The minimum Gasteiger partial charge on any atom is -0.383 e. The van der Waals surface area contributed by atoms with E-state index in [2.05, 4.69) is 24.2 Å². The van der Waals surface area contributed by atoms with Crippen LogP contribution in [0.1, 0.15) is 26.7 Å². The summed E-state index contributed by atoms with van der Waals surface area (Å²) < 4.78 is 4.97. The van der Waals surface area contributed by atoms with E-state index in [1.165, 1.54) is 12.2 Å². The maximum absolute atomic E-state index is 4.97. The second-order valence-corrected chi connectivity index (χ2v) is 4.90. The van der Waals surface area contributed by atoms with Crippen molar-refractivity contribution in [3.05, 3.63) is 0 Å². The van der Waals surface area contributed by atoms with Gasteiger partial charge in [-0.1, -0.05) is 18.7 Å². The van der Waals surface area contributed by atoms with E-state index in [0.29, 0.717) is 6.61 Å². The highest BCUT2D eigenvalue weighted by molar-refractivity contribution is 8.13. The largest absolute Gasteiger partial charge is 0.383 e. The Morgan fingerprint density at radius 1 is 1.64 bits per heavy atom. The lowest BCUT2D eigenvalue weighted by molar-refractivity contribution is 0.208. The average molecular weight is 216 g/mol. The second-order valence-electron chi connectivity index (χ2n) is 3.82. The van der Waals surface area contributed by atoms with E-state index >= 15 is 0 Å². The molecule has 4 heteroatoms. The summed E-state index contributed by atoms with van der Waals surface area (Å²) >= 11 is 1.81. The first-order chi connectivity index (χ1) is 6.70. The van der Waals surface area contributed by atoms with Crippen LogP contribution in [0.2, 0.25) is 0 Å². The summed E-state index contributed by atoms with van der Waals surface area (Å²) in [7, 11) is 1.71. The third-order valence-electron chi connectivity index (χ3n) is 2.63. The van der Waals surface area contributed by atoms with Crippen LogP contribution in [-0.2, 0) is 4.74 Å². The molecule has 0 aliphatic carbocycles. The van der Waals surface area contributed by atoms with Crippen LogP contribution in [0.3, 0.4) is 0 Å². The molecule has 1 aliphatic rings. The number of rotatable bonds is 4. The van der Waals surface area contributed by atoms with Crippen LogP contribution in [-0.4, -0.2) is 36.7 Å². The molecule has 1 fully saturated rings. The van der Waals surface area contributed by atoms with Crippen LogP contribution in [0.25, 0.3) is 0 Å². The monoisotopic (exact) mass is 216 g/mol. The molecule has 0 aromatic heterocycles. The molecule has 1 unspecified atom stereocenters. The lowest BCUT2D eigenvalue weighted by Crippen LogP contribution is -2.48. The number of hydrogen-bond donors (Lipinski definition) is 1. The number of ether oxygens (including phenoxy) is 1. The fourth-order valence-electron chi connectivity index (χ4n) is 1.32. The van der Waals surface area contributed by atoms with Gasteiger partial charge in [-0.2, -0.15) is 0 Å². The van der Waals surface area contributed by atoms with Crippen molar-refractivity contribution in [2.75, 3.05) is 26.0 Å². The highest BCUT2D eigenvalue weighted by Gasteiger charge is 2.27. The van der Waals surface area contributed by atoms with Crippen LogP contribution < -0.4 is 5.32 Å².